The molecular formula is C11H6Br3ClN2O2S. The highest BCUT2D eigenvalue weighted by atomic mass is 79.9. The fraction of sp³-hybridized carbons (Fsp3) is 0. The van der Waals surface area contributed by atoms with Crippen molar-refractivity contribution in [2.45, 2.75) is 4.90 Å². The van der Waals surface area contributed by atoms with Crippen molar-refractivity contribution in [3.05, 3.63) is 49.0 Å². The lowest BCUT2D eigenvalue weighted by molar-refractivity contribution is 0.600. The van der Waals surface area contributed by atoms with E-state index in [1.54, 1.807) is 18.2 Å². The molecule has 0 fully saturated rings. The Morgan fingerprint density at radius 1 is 1.10 bits per heavy atom. The number of benzene rings is 1. The molecule has 0 atom stereocenters. The maximum absolute atomic E-state index is 12.3. The molecule has 4 nitrogen and oxygen atoms in total. The second-order valence-electron chi connectivity index (χ2n) is 3.68. The highest BCUT2D eigenvalue weighted by molar-refractivity contribution is 9.11. The van der Waals surface area contributed by atoms with E-state index in [1.165, 1.54) is 12.3 Å². The molecule has 0 aliphatic heterocycles. The van der Waals surface area contributed by atoms with Gasteiger partial charge in [-0.1, -0.05) is 27.5 Å². The van der Waals surface area contributed by atoms with Crippen LogP contribution in [-0.2, 0) is 10.0 Å². The van der Waals surface area contributed by atoms with Crippen LogP contribution in [0.3, 0.4) is 0 Å². The molecule has 0 bridgehead atoms. The van der Waals surface area contributed by atoms with Gasteiger partial charge in [0.05, 0.1) is 16.4 Å². The molecular weight excluding hydrogens is 499 g/mol. The SMILES string of the molecule is O=S(=O)(Nc1cnc(Cl)c(Br)c1)c1cc(Br)ccc1Br. The van der Waals surface area contributed by atoms with E-state index >= 15 is 0 Å². The number of anilines is 1. The molecule has 1 aromatic heterocycles. The molecule has 0 spiro atoms. The van der Waals surface area contributed by atoms with E-state index in [-0.39, 0.29) is 10.0 Å². The van der Waals surface area contributed by atoms with E-state index in [0.717, 1.165) is 0 Å². The van der Waals surface area contributed by atoms with Crippen molar-refractivity contribution < 1.29 is 8.42 Å². The number of nitrogens with one attached hydrogen (secondary N) is 1. The van der Waals surface area contributed by atoms with Gasteiger partial charge in [0.15, 0.2) is 0 Å². The third kappa shape index (κ3) is 3.73. The van der Waals surface area contributed by atoms with Crippen LogP contribution in [-0.4, -0.2) is 13.4 Å². The first-order chi connectivity index (χ1) is 9.29. The van der Waals surface area contributed by atoms with E-state index < -0.39 is 10.0 Å². The molecule has 0 amide bonds. The van der Waals surface area contributed by atoms with Gasteiger partial charge in [-0.2, -0.15) is 0 Å². The molecule has 0 saturated heterocycles. The number of halogens is 4. The maximum Gasteiger partial charge on any atom is 0.263 e. The summed E-state index contributed by atoms with van der Waals surface area (Å²) < 4.78 is 28.7. The average Bonchev–Trinajstić information content (AvgIpc) is 2.36. The zero-order valence-electron chi connectivity index (χ0n) is 9.57. The van der Waals surface area contributed by atoms with Gasteiger partial charge < -0.3 is 0 Å². The third-order valence-electron chi connectivity index (χ3n) is 2.23. The van der Waals surface area contributed by atoms with E-state index in [2.05, 4.69) is 57.5 Å². The average molecular weight is 505 g/mol. The van der Waals surface area contributed by atoms with E-state index in [1.807, 2.05) is 0 Å². The zero-order valence-corrected chi connectivity index (χ0v) is 15.9. The van der Waals surface area contributed by atoms with Crippen LogP contribution in [0.1, 0.15) is 0 Å². The Labute approximate surface area is 146 Å². The van der Waals surface area contributed by atoms with Crippen molar-refractivity contribution in [1.82, 2.24) is 4.98 Å². The first-order valence-electron chi connectivity index (χ1n) is 5.08. The van der Waals surface area contributed by atoms with Crippen LogP contribution in [0.4, 0.5) is 5.69 Å². The molecule has 2 aromatic rings. The van der Waals surface area contributed by atoms with Gasteiger partial charge in [-0.3, -0.25) is 4.72 Å². The normalized spacial score (nSPS) is 11.4. The number of pyridine rings is 1. The number of nitrogens with zero attached hydrogens (tertiary/aromatic N) is 1. The third-order valence-corrected chi connectivity index (χ3v) is 6.23. The highest BCUT2D eigenvalue weighted by Crippen LogP contribution is 2.29. The maximum atomic E-state index is 12.3. The van der Waals surface area contributed by atoms with Gasteiger partial charge in [-0.25, -0.2) is 13.4 Å². The van der Waals surface area contributed by atoms with Gasteiger partial charge in [0.25, 0.3) is 10.0 Å². The van der Waals surface area contributed by atoms with Crippen LogP contribution in [0.2, 0.25) is 5.15 Å². The minimum atomic E-state index is -3.73. The summed E-state index contributed by atoms with van der Waals surface area (Å²) >= 11 is 15.4. The van der Waals surface area contributed by atoms with Gasteiger partial charge in [0.1, 0.15) is 10.0 Å². The molecule has 0 aliphatic rings. The number of rotatable bonds is 3. The summed E-state index contributed by atoms with van der Waals surface area (Å²) in [6.07, 6.45) is 1.34. The first kappa shape index (κ1) is 16.2. The topological polar surface area (TPSA) is 59.1 Å². The minimum Gasteiger partial charge on any atom is -0.278 e. The van der Waals surface area contributed by atoms with Crippen LogP contribution in [0.15, 0.2) is 48.8 Å². The van der Waals surface area contributed by atoms with Gasteiger partial charge in [-0.15, -0.1) is 0 Å². The van der Waals surface area contributed by atoms with Gasteiger partial charge in [0.2, 0.25) is 0 Å². The minimum absolute atomic E-state index is 0.123. The van der Waals surface area contributed by atoms with E-state index in [9.17, 15) is 8.42 Å². The molecule has 0 unspecified atom stereocenters. The van der Waals surface area contributed by atoms with Crippen molar-refractivity contribution in [3.8, 4) is 0 Å². The predicted octanol–water partition coefficient (Wildman–Crippen LogP) is 4.82. The van der Waals surface area contributed by atoms with Crippen molar-refractivity contribution >= 4 is 75.1 Å². The predicted molar refractivity (Wildman–Crippen MR) is 89.6 cm³/mol. The Hall–Kier alpha value is -0.150. The summed E-state index contributed by atoms with van der Waals surface area (Å²) in [7, 11) is -3.73. The smallest absolute Gasteiger partial charge is 0.263 e. The Kier molecular flexibility index (Phi) is 5.12. The molecule has 0 saturated carbocycles. The standard InChI is InChI=1S/C11H6Br3ClN2O2S/c12-6-1-2-8(13)10(3-6)20(18,19)17-7-4-9(14)11(15)16-5-7/h1-5,17H. The summed E-state index contributed by atoms with van der Waals surface area (Å²) in [6.45, 7) is 0. The molecule has 1 aromatic carbocycles. The summed E-state index contributed by atoms with van der Waals surface area (Å²) in [5.41, 5.74) is 0.313. The van der Waals surface area contributed by atoms with Crippen LogP contribution in [0.25, 0.3) is 0 Å². The van der Waals surface area contributed by atoms with Gasteiger partial charge in [-0.05, 0) is 56.1 Å². The van der Waals surface area contributed by atoms with Crippen LogP contribution in [0, 0.1) is 0 Å². The molecule has 1 N–H and O–H groups in total. The second kappa shape index (κ2) is 6.31. The number of hydrogen-bond acceptors (Lipinski definition) is 3. The Morgan fingerprint density at radius 2 is 1.80 bits per heavy atom. The van der Waals surface area contributed by atoms with Crippen LogP contribution < -0.4 is 4.72 Å². The van der Waals surface area contributed by atoms with Gasteiger partial charge in [0, 0.05) is 8.95 Å². The second-order valence-corrected chi connectivity index (χ2v) is 8.31. The monoisotopic (exact) mass is 502 g/mol. The molecule has 20 heavy (non-hydrogen) atoms. The lowest BCUT2D eigenvalue weighted by Crippen LogP contribution is -2.13. The highest BCUT2D eigenvalue weighted by Gasteiger charge is 2.18. The molecule has 106 valence electrons. The van der Waals surface area contributed by atoms with Crippen LogP contribution >= 0.6 is 59.4 Å². The molecule has 9 heteroatoms. The Morgan fingerprint density at radius 3 is 2.45 bits per heavy atom. The number of aromatic nitrogens is 1. The lowest BCUT2D eigenvalue weighted by Gasteiger charge is -2.10. The molecule has 2 rings (SSSR count). The Balaban J connectivity index is 2.40. The number of sulfonamides is 1. The molecule has 1 heterocycles. The summed E-state index contributed by atoms with van der Waals surface area (Å²) in [5.74, 6) is 0. The molecule has 0 radical (unpaired) electrons. The van der Waals surface area contributed by atoms with Gasteiger partial charge >= 0.3 is 0 Å². The van der Waals surface area contributed by atoms with Crippen molar-refractivity contribution in [1.29, 1.82) is 0 Å². The van der Waals surface area contributed by atoms with Crippen molar-refractivity contribution in [2.75, 3.05) is 4.72 Å². The fourth-order valence-corrected chi connectivity index (χ4v) is 4.36. The quantitative estimate of drug-likeness (QED) is 0.609. The molecule has 0 aliphatic carbocycles. The largest absolute Gasteiger partial charge is 0.278 e. The van der Waals surface area contributed by atoms with E-state index in [0.29, 0.717) is 19.1 Å². The Bertz CT molecular complexity index is 768. The fourth-order valence-electron chi connectivity index (χ4n) is 1.37. The summed E-state index contributed by atoms with van der Waals surface area (Å²) in [4.78, 5) is 3.99. The summed E-state index contributed by atoms with van der Waals surface area (Å²) in [5, 5.41) is 0.261. The van der Waals surface area contributed by atoms with Crippen molar-refractivity contribution in [3.63, 3.8) is 0 Å². The number of hydrogen-bond donors (Lipinski definition) is 1. The van der Waals surface area contributed by atoms with Crippen LogP contribution in [0.5, 0.6) is 0 Å². The van der Waals surface area contributed by atoms with E-state index in [4.69, 9.17) is 11.6 Å². The lowest BCUT2D eigenvalue weighted by atomic mass is 10.4. The zero-order chi connectivity index (χ0) is 14.9. The summed E-state index contributed by atoms with van der Waals surface area (Å²) in [6, 6.07) is 6.43. The first-order valence-corrected chi connectivity index (χ1v) is 9.32. The van der Waals surface area contributed by atoms with Crippen molar-refractivity contribution in [2.24, 2.45) is 0 Å².